The van der Waals surface area contributed by atoms with E-state index in [2.05, 4.69) is 14.8 Å². The minimum absolute atomic E-state index is 0.263. The maximum absolute atomic E-state index is 11.2. The van der Waals surface area contributed by atoms with E-state index in [-0.39, 0.29) is 12.4 Å². The van der Waals surface area contributed by atoms with Crippen molar-refractivity contribution in [3.63, 3.8) is 0 Å². The number of rotatable bonds is 4. The van der Waals surface area contributed by atoms with Gasteiger partial charge >= 0.3 is 5.97 Å². The Morgan fingerprint density at radius 2 is 2.22 bits per heavy atom. The van der Waals surface area contributed by atoms with E-state index in [1.807, 2.05) is 14.0 Å². The van der Waals surface area contributed by atoms with Crippen molar-refractivity contribution in [2.75, 3.05) is 12.8 Å². The summed E-state index contributed by atoms with van der Waals surface area (Å²) in [6, 6.07) is 0. The van der Waals surface area contributed by atoms with E-state index >= 15 is 0 Å². The third kappa shape index (κ3) is 1.92. The second-order valence-corrected chi connectivity index (χ2v) is 4.04. The standard InChI is InChI=1S/C11H17N5O2/c1-4-7-9-10(15(2)14-7)16(11(12)13-9)6-5-8(17)18-3/h4-6H2,1-3H3,(H2,12,13). The Morgan fingerprint density at radius 3 is 2.83 bits per heavy atom. The Bertz CT molecular complexity index is 584. The molecule has 0 aliphatic rings. The molecule has 0 atom stereocenters. The Morgan fingerprint density at radius 1 is 1.50 bits per heavy atom. The molecular weight excluding hydrogens is 234 g/mol. The maximum atomic E-state index is 11.2. The van der Waals surface area contributed by atoms with Crippen LogP contribution < -0.4 is 5.73 Å². The molecule has 2 aromatic rings. The molecule has 0 aliphatic carbocycles. The highest BCUT2D eigenvalue weighted by molar-refractivity contribution is 5.78. The number of nitrogens with two attached hydrogens (primary N) is 1. The van der Waals surface area contributed by atoms with E-state index in [9.17, 15) is 4.79 Å². The highest BCUT2D eigenvalue weighted by Crippen LogP contribution is 2.21. The number of fused-ring (bicyclic) bond motifs is 1. The molecule has 0 amide bonds. The average Bonchev–Trinajstić information content (AvgIpc) is 2.84. The normalized spacial score (nSPS) is 11.1. The number of hydrogen-bond donors (Lipinski definition) is 1. The number of imidazole rings is 1. The SMILES string of the molecule is CCc1nn(C)c2c1nc(N)n2CCC(=O)OC. The Balaban J connectivity index is 2.40. The zero-order chi connectivity index (χ0) is 13.3. The first-order chi connectivity index (χ1) is 8.58. The van der Waals surface area contributed by atoms with Crippen molar-refractivity contribution < 1.29 is 9.53 Å². The first kappa shape index (κ1) is 12.4. The zero-order valence-corrected chi connectivity index (χ0v) is 10.8. The Hall–Kier alpha value is -2.05. The highest BCUT2D eigenvalue weighted by Gasteiger charge is 2.17. The number of anilines is 1. The number of methoxy groups -OCH3 is 1. The highest BCUT2D eigenvalue weighted by atomic mass is 16.5. The minimum atomic E-state index is -0.269. The van der Waals surface area contributed by atoms with E-state index in [1.54, 1.807) is 9.25 Å². The molecule has 0 aromatic carbocycles. The van der Waals surface area contributed by atoms with Gasteiger partial charge < -0.3 is 10.5 Å². The van der Waals surface area contributed by atoms with Crippen LogP contribution in [0.2, 0.25) is 0 Å². The van der Waals surface area contributed by atoms with E-state index in [0.717, 1.165) is 23.3 Å². The van der Waals surface area contributed by atoms with Crippen LogP contribution in [0.15, 0.2) is 0 Å². The molecule has 18 heavy (non-hydrogen) atoms. The summed E-state index contributed by atoms with van der Waals surface area (Å²) < 4.78 is 8.16. The number of carbonyl (C=O) groups excluding carboxylic acids is 1. The number of aromatic nitrogens is 4. The van der Waals surface area contributed by atoms with Crippen LogP contribution in [0.3, 0.4) is 0 Å². The van der Waals surface area contributed by atoms with Crippen molar-refractivity contribution in [3.05, 3.63) is 5.69 Å². The van der Waals surface area contributed by atoms with Gasteiger partial charge in [0.25, 0.3) is 0 Å². The second-order valence-electron chi connectivity index (χ2n) is 4.04. The fourth-order valence-corrected chi connectivity index (χ4v) is 2.02. The van der Waals surface area contributed by atoms with Crippen LogP contribution in [0.1, 0.15) is 19.0 Å². The first-order valence-electron chi connectivity index (χ1n) is 5.82. The van der Waals surface area contributed by atoms with Gasteiger partial charge in [0.2, 0.25) is 5.95 Å². The molecule has 0 unspecified atom stereocenters. The lowest BCUT2D eigenvalue weighted by atomic mass is 10.3. The lowest BCUT2D eigenvalue weighted by molar-refractivity contribution is -0.140. The number of ether oxygens (including phenoxy) is 1. The second kappa shape index (κ2) is 4.67. The summed E-state index contributed by atoms with van der Waals surface area (Å²) in [5, 5.41) is 4.38. The lowest BCUT2D eigenvalue weighted by Gasteiger charge is -2.05. The molecule has 0 saturated carbocycles. The van der Waals surface area contributed by atoms with E-state index in [4.69, 9.17) is 5.73 Å². The zero-order valence-electron chi connectivity index (χ0n) is 10.8. The molecule has 0 saturated heterocycles. The fraction of sp³-hybridized carbons (Fsp3) is 0.545. The average molecular weight is 251 g/mol. The Kier molecular flexibility index (Phi) is 3.22. The number of nitrogen functional groups attached to an aromatic ring is 1. The third-order valence-electron chi connectivity index (χ3n) is 2.92. The van der Waals surface area contributed by atoms with Crippen molar-refractivity contribution in [2.24, 2.45) is 7.05 Å². The number of carbonyl (C=O) groups is 1. The summed E-state index contributed by atoms with van der Waals surface area (Å²) in [6.07, 6.45) is 1.06. The predicted octanol–water partition coefficient (Wildman–Crippen LogP) is 0.477. The molecule has 2 N–H and O–H groups in total. The van der Waals surface area contributed by atoms with E-state index < -0.39 is 0 Å². The van der Waals surface area contributed by atoms with Crippen LogP contribution in [0.25, 0.3) is 11.2 Å². The monoisotopic (exact) mass is 251 g/mol. The minimum Gasteiger partial charge on any atom is -0.469 e. The van der Waals surface area contributed by atoms with Gasteiger partial charge in [-0.15, -0.1) is 0 Å². The molecule has 0 radical (unpaired) electrons. The van der Waals surface area contributed by atoms with Crippen LogP contribution in [0, 0.1) is 0 Å². The number of esters is 1. The topological polar surface area (TPSA) is 88.0 Å². The summed E-state index contributed by atoms with van der Waals surface area (Å²) >= 11 is 0. The summed E-state index contributed by atoms with van der Waals surface area (Å²) in [5.74, 6) is 0.130. The van der Waals surface area contributed by atoms with Crippen LogP contribution in [-0.2, 0) is 29.5 Å². The van der Waals surface area contributed by atoms with E-state index in [1.165, 1.54) is 7.11 Å². The maximum Gasteiger partial charge on any atom is 0.307 e. The summed E-state index contributed by atoms with van der Waals surface area (Å²) in [7, 11) is 3.21. The van der Waals surface area contributed by atoms with Gasteiger partial charge in [0.05, 0.1) is 19.2 Å². The van der Waals surface area contributed by atoms with Gasteiger partial charge in [0.15, 0.2) is 5.65 Å². The molecule has 2 aromatic heterocycles. The molecule has 0 fully saturated rings. The summed E-state index contributed by atoms with van der Waals surface area (Å²) in [5.41, 5.74) is 8.44. The van der Waals surface area contributed by atoms with Gasteiger partial charge in [-0.2, -0.15) is 5.10 Å². The number of hydrogen-bond acceptors (Lipinski definition) is 5. The Labute approximate surface area is 105 Å². The molecule has 0 bridgehead atoms. The van der Waals surface area contributed by atoms with Gasteiger partial charge in [0.1, 0.15) is 5.52 Å². The van der Waals surface area contributed by atoms with Crippen molar-refractivity contribution >= 4 is 23.1 Å². The van der Waals surface area contributed by atoms with Crippen LogP contribution in [0.5, 0.6) is 0 Å². The number of aryl methyl sites for hydroxylation is 3. The molecule has 98 valence electrons. The lowest BCUT2D eigenvalue weighted by Crippen LogP contribution is -2.11. The van der Waals surface area contributed by atoms with Crippen LogP contribution in [-0.4, -0.2) is 32.4 Å². The van der Waals surface area contributed by atoms with Crippen LogP contribution >= 0.6 is 0 Å². The van der Waals surface area contributed by atoms with Gasteiger partial charge in [-0.25, -0.2) is 4.98 Å². The summed E-state index contributed by atoms with van der Waals surface area (Å²) in [4.78, 5) is 15.5. The molecule has 0 aliphatic heterocycles. The molecule has 2 heterocycles. The molecule has 0 spiro atoms. The van der Waals surface area contributed by atoms with Crippen molar-refractivity contribution in [1.29, 1.82) is 0 Å². The van der Waals surface area contributed by atoms with E-state index in [0.29, 0.717) is 12.5 Å². The summed E-state index contributed by atoms with van der Waals surface area (Å²) in [6.45, 7) is 2.46. The number of nitrogens with zero attached hydrogens (tertiary/aromatic N) is 4. The smallest absolute Gasteiger partial charge is 0.307 e. The molecule has 7 heteroatoms. The molecule has 2 rings (SSSR count). The van der Waals surface area contributed by atoms with Crippen molar-refractivity contribution in [2.45, 2.75) is 26.3 Å². The quantitative estimate of drug-likeness (QED) is 0.798. The largest absolute Gasteiger partial charge is 0.469 e. The van der Waals surface area contributed by atoms with Crippen molar-refractivity contribution in [1.82, 2.24) is 19.3 Å². The third-order valence-corrected chi connectivity index (χ3v) is 2.92. The molecule has 7 nitrogen and oxygen atoms in total. The van der Waals surface area contributed by atoms with Crippen molar-refractivity contribution in [3.8, 4) is 0 Å². The van der Waals surface area contributed by atoms with Gasteiger partial charge in [-0.3, -0.25) is 14.0 Å². The fourth-order valence-electron chi connectivity index (χ4n) is 2.02. The van der Waals surface area contributed by atoms with Gasteiger partial charge in [0, 0.05) is 13.6 Å². The molecular formula is C11H17N5O2. The first-order valence-corrected chi connectivity index (χ1v) is 5.82. The van der Waals surface area contributed by atoms with Gasteiger partial charge in [-0.1, -0.05) is 6.92 Å². The van der Waals surface area contributed by atoms with Gasteiger partial charge in [-0.05, 0) is 6.42 Å². The van der Waals surface area contributed by atoms with Crippen LogP contribution in [0.4, 0.5) is 5.95 Å². The predicted molar refractivity (Wildman–Crippen MR) is 66.9 cm³/mol.